The minimum absolute atomic E-state index is 0.0651. The number of anilines is 2. The highest BCUT2D eigenvalue weighted by Crippen LogP contribution is 2.30. The fourth-order valence-electron chi connectivity index (χ4n) is 2.85. The number of aromatic nitrogens is 1. The molecule has 1 heterocycles. The van der Waals surface area contributed by atoms with Crippen LogP contribution in [0.4, 0.5) is 10.8 Å². The summed E-state index contributed by atoms with van der Waals surface area (Å²) >= 11 is 1.28. The highest BCUT2D eigenvalue weighted by molar-refractivity contribution is 7.14. The SMILES string of the molecule is CC(=O)N(c1ccc(C)c(C)c1)c1nc(COC(=O)CNC(=O)COc2ccccc2)cs1. The summed E-state index contributed by atoms with van der Waals surface area (Å²) in [7, 11) is 0. The topological polar surface area (TPSA) is 97.8 Å². The van der Waals surface area contributed by atoms with Crippen LogP contribution in [-0.4, -0.2) is 35.9 Å². The quantitative estimate of drug-likeness (QED) is 0.482. The Kier molecular flexibility index (Phi) is 8.15. The number of para-hydroxylation sites is 1. The van der Waals surface area contributed by atoms with E-state index in [1.54, 1.807) is 29.6 Å². The number of ether oxygens (including phenoxy) is 2. The second kappa shape index (κ2) is 11.2. The Hall–Kier alpha value is -3.72. The molecule has 0 aliphatic heterocycles. The molecular formula is C24H25N3O5S. The molecule has 1 aromatic heterocycles. The van der Waals surface area contributed by atoms with Gasteiger partial charge in [-0.3, -0.25) is 19.3 Å². The van der Waals surface area contributed by atoms with Gasteiger partial charge < -0.3 is 14.8 Å². The Labute approximate surface area is 196 Å². The number of carbonyl (C=O) groups excluding carboxylic acids is 3. The van der Waals surface area contributed by atoms with E-state index in [-0.39, 0.29) is 25.7 Å². The third-order valence-electron chi connectivity index (χ3n) is 4.72. The van der Waals surface area contributed by atoms with Gasteiger partial charge in [-0.25, -0.2) is 4.98 Å². The molecule has 3 aromatic rings. The number of rotatable bonds is 9. The fourth-order valence-corrected chi connectivity index (χ4v) is 3.72. The monoisotopic (exact) mass is 467 g/mol. The molecule has 0 unspecified atom stereocenters. The summed E-state index contributed by atoms with van der Waals surface area (Å²) in [6.07, 6.45) is 0. The van der Waals surface area contributed by atoms with Crippen LogP contribution >= 0.6 is 11.3 Å². The number of carbonyl (C=O) groups is 3. The van der Waals surface area contributed by atoms with Gasteiger partial charge in [0.05, 0.1) is 11.4 Å². The van der Waals surface area contributed by atoms with Gasteiger partial charge in [-0.05, 0) is 49.2 Å². The fraction of sp³-hybridized carbons (Fsp3) is 0.250. The van der Waals surface area contributed by atoms with E-state index < -0.39 is 11.9 Å². The van der Waals surface area contributed by atoms with Gasteiger partial charge in [0, 0.05) is 12.3 Å². The van der Waals surface area contributed by atoms with Crippen LogP contribution in [0.25, 0.3) is 0 Å². The minimum Gasteiger partial charge on any atom is -0.484 e. The van der Waals surface area contributed by atoms with Gasteiger partial charge in [-0.1, -0.05) is 24.3 Å². The maximum Gasteiger partial charge on any atom is 0.325 e. The summed E-state index contributed by atoms with van der Waals surface area (Å²) in [5, 5.41) is 4.67. The molecule has 172 valence electrons. The lowest BCUT2D eigenvalue weighted by Crippen LogP contribution is -2.34. The van der Waals surface area contributed by atoms with E-state index in [1.807, 2.05) is 38.1 Å². The number of hydrogen-bond donors (Lipinski definition) is 1. The third-order valence-corrected chi connectivity index (χ3v) is 5.59. The molecule has 3 rings (SSSR count). The summed E-state index contributed by atoms with van der Waals surface area (Å²) in [5.74, 6) is -0.640. The number of amides is 2. The lowest BCUT2D eigenvalue weighted by atomic mass is 10.1. The minimum atomic E-state index is -0.602. The predicted molar refractivity (Wildman–Crippen MR) is 126 cm³/mol. The molecule has 2 aromatic carbocycles. The van der Waals surface area contributed by atoms with Crippen LogP contribution in [0.15, 0.2) is 53.9 Å². The normalized spacial score (nSPS) is 10.4. The van der Waals surface area contributed by atoms with Crippen molar-refractivity contribution in [3.8, 4) is 5.75 Å². The average Bonchev–Trinajstić information content (AvgIpc) is 3.26. The summed E-state index contributed by atoms with van der Waals surface area (Å²) in [6, 6.07) is 14.7. The molecule has 0 fully saturated rings. The van der Waals surface area contributed by atoms with Crippen LogP contribution in [-0.2, 0) is 25.7 Å². The van der Waals surface area contributed by atoms with E-state index in [1.165, 1.54) is 23.2 Å². The van der Waals surface area contributed by atoms with Gasteiger partial charge in [-0.15, -0.1) is 11.3 Å². The number of thiazole rings is 1. The number of nitrogens with zero attached hydrogens (tertiary/aromatic N) is 2. The number of aryl methyl sites for hydroxylation is 2. The van der Waals surface area contributed by atoms with Crippen LogP contribution in [0, 0.1) is 13.8 Å². The van der Waals surface area contributed by atoms with Gasteiger partial charge in [0.15, 0.2) is 11.7 Å². The maximum atomic E-state index is 12.3. The van der Waals surface area contributed by atoms with E-state index in [9.17, 15) is 14.4 Å². The molecule has 0 atom stereocenters. The van der Waals surface area contributed by atoms with Crippen molar-refractivity contribution >= 4 is 39.9 Å². The summed E-state index contributed by atoms with van der Waals surface area (Å²) in [5.41, 5.74) is 3.44. The van der Waals surface area contributed by atoms with Crippen molar-refractivity contribution in [3.63, 3.8) is 0 Å². The third kappa shape index (κ3) is 6.88. The number of nitrogens with one attached hydrogen (secondary N) is 1. The molecule has 1 N–H and O–H groups in total. The highest BCUT2D eigenvalue weighted by atomic mass is 32.1. The maximum absolute atomic E-state index is 12.3. The van der Waals surface area contributed by atoms with Gasteiger partial charge in [0.25, 0.3) is 5.91 Å². The van der Waals surface area contributed by atoms with Crippen LogP contribution in [0.1, 0.15) is 23.7 Å². The first-order valence-corrected chi connectivity index (χ1v) is 11.1. The van der Waals surface area contributed by atoms with Gasteiger partial charge in [0.1, 0.15) is 18.9 Å². The Morgan fingerprint density at radius 1 is 1.06 bits per heavy atom. The van der Waals surface area contributed by atoms with Crippen LogP contribution in [0.2, 0.25) is 0 Å². The van der Waals surface area contributed by atoms with Crippen molar-refractivity contribution in [1.29, 1.82) is 0 Å². The van der Waals surface area contributed by atoms with Crippen LogP contribution in [0.5, 0.6) is 5.75 Å². The molecule has 0 aliphatic rings. The molecule has 0 radical (unpaired) electrons. The predicted octanol–water partition coefficient (Wildman–Crippen LogP) is 3.68. The molecule has 2 amide bonds. The number of benzene rings is 2. The first-order valence-electron chi connectivity index (χ1n) is 10.3. The van der Waals surface area contributed by atoms with E-state index in [4.69, 9.17) is 9.47 Å². The Morgan fingerprint density at radius 2 is 1.82 bits per heavy atom. The molecule has 9 heteroatoms. The summed E-state index contributed by atoms with van der Waals surface area (Å²) in [4.78, 5) is 42.0. The van der Waals surface area contributed by atoms with Crippen molar-refractivity contribution in [2.24, 2.45) is 0 Å². The molecule has 33 heavy (non-hydrogen) atoms. The largest absolute Gasteiger partial charge is 0.484 e. The Balaban J connectivity index is 1.49. The average molecular weight is 468 g/mol. The standard InChI is InChI=1S/C24H25N3O5S/c1-16-9-10-20(11-17(16)2)27(18(3)28)24-26-19(15-33-24)13-32-23(30)12-25-22(29)14-31-21-7-5-4-6-8-21/h4-11,15H,12-14H2,1-3H3,(H,25,29). The zero-order valence-electron chi connectivity index (χ0n) is 18.7. The Bertz CT molecular complexity index is 1130. The van der Waals surface area contributed by atoms with Gasteiger partial charge >= 0.3 is 5.97 Å². The van der Waals surface area contributed by atoms with Gasteiger partial charge in [-0.2, -0.15) is 0 Å². The second-order valence-corrected chi connectivity index (χ2v) is 8.12. The zero-order valence-corrected chi connectivity index (χ0v) is 19.5. The Morgan fingerprint density at radius 3 is 2.52 bits per heavy atom. The molecule has 0 spiro atoms. The zero-order chi connectivity index (χ0) is 23.8. The van der Waals surface area contributed by atoms with Crippen molar-refractivity contribution in [2.45, 2.75) is 27.4 Å². The molecule has 0 aliphatic carbocycles. The first-order chi connectivity index (χ1) is 15.8. The van der Waals surface area contributed by atoms with Crippen molar-refractivity contribution in [3.05, 3.63) is 70.7 Å². The number of hydrogen-bond acceptors (Lipinski definition) is 7. The molecule has 0 saturated carbocycles. The van der Waals surface area contributed by atoms with E-state index in [0.29, 0.717) is 16.6 Å². The van der Waals surface area contributed by atoms with Crippen LogP contribution < -0.4 is 15.0 Å². The summed E-state index contributed by atoms with van der Waals surface area (Å²) < 4.78 is 10.5. The van der Waals surface area contributed by atoms with Crippen LogP contribution in [0.3, 0.4) is 0 Å². The van der Waals surface area contributed by atoms with E-state index in [0.717, 1.165) is 16.8 Å². The smallest absolute Gasteiger partial charge is 0.325 e. The lowest BCUT2D eigenvalue weighted by Gasteiger charge is -2.19. The van der Waals surface area contributed by atoms with Crippen molar-refractivity contribution in [2.75, 3.05) is 18.1 Å². The lowest BCUT2D eigenvalue weighted by molar-refractivity contribution is -0.145. The van der Waals surface area contributed by atoms with E-state index >= 15 is 0 Å². The molecule has 8 nitrogen and oxygen atoms in total. The van der Waals surface area contributed by atoms with Crippen molar-refractivity contribution in [1.82, 2.24) is 10.3 Å². The second-order valence-electron chi connectivity index (χ2n) is 7.28. The highest BCUT2D eigenvalue weighted by Gasteiger charge is 2.19. The molecule has 0 bridgehead atoms. The van der Waals surface area contributed by atoms with Crippen molar-refractivity contribution < 1.29 is 23.9 Å². The molecular weight excluding hydrogens is 442 g/mol. The van der Waals surface area contributed by atoms with Gasteiger partial charge in [0.2, 0.25) is 5.91 Å². The first kappa shape index (κ1) is 23.9. The molecule has 0 saturated heterocycles. The summed E-state index contributed by atoms with van der Waals surface area (Å²) in [6.45, 7) is 4.91. The number of esters is 1. The van der Waals surface area contributed by atoms with E-state index in [2.05, 4.69) is 10.3 Å².